The van der Waals surface area contributed by atoms with E-state index in [1.54, 1.807) is 0 Å². The number of para-hydroxylation sites is 1. The van der Waals surface area contributed by atoms with Crippen LogP contribution in [0, 0.1) is 13.8 Å². The summed E-state index contributed by atoms with van der Waals surface area (Å²) in [5, 5.41) is 3.52. The van der Waals surface area contributed by atoms with E-state index in [4.69, 9.17) is 19.9 Å². The highest BCUT2D eigenvalue weighted by molar-refractivity contribution is 6.17. The molecule has 0 unspecified atom stereocenters. The molecule has 0 amide bonds. The van der Waals surface area contributed by atoms with Crippen LogP contribution in [0.1, 0.15) is 11.1 Å². The average molecular weight is 667 g/mol. The number of rotatable bonds is 6. The largest absolute Gasteiger partial charge is 0.247 e. The Labute approximate surface area is 303 Å². The molecular weight excluding hydrogens is 633 g/mol. The first-order chi connectivity index (χ1) is 25.6. The van der Waals surface area contributed by atoms with Gasteiger partial charge in [-0.2, -0.15) is 0 Å². The molecule has 246 valence electrons. The molecular formula is C48H34N4. The van der Waals surface area contributed by atoms with Gasteiger partial charge < -0.3 is 0 Å². The monoisotopic (exact) mass is 666 g/mol. The van der Waals surface area contributed by atoms with Crippen molar-refractivity contribution in [3.63, 3.8) is 0 Å². The Hall–Kier alpha value is -6.78. The van der Waals surface area contributed by atoms with Crippen molar-refractivity contribution < 1.29 is 0 Å². The third-order valence-corrected chi connectivity index (χ3v) is 9.70. The van der Waals surface area contributed by atoms with Crippen molar-refractivity contribution in [1.29, 1.82) is 0 Å². The number of hydrogen-bond donors (Lipinski definition) is 0. The van der Waals surface area contributed by atoms with Crippen LogP contribution in [0.15, 0.2) is 170 Å². The van der Waals surface area contributed by atoms with Crippen LogP contribution in [0.25, 0.3) is 89.4 Å². The third kappa shape index (κ3) is 5.91. The van der Waals surface area contributed by atoms with Crippen molar-refractivity contribution in [1.82, 2.24) is 19.9 Å². The van der Waals surface area contributed by atoms with E-state index >= 15 is 0 Å². The van der Waals surface area contributed by atoms with Crippen molar-refractivity contribution >= 4 is 21.7 Å². The molecule has 0 aliphatic carbocycles. The zero-order valence-electron chi connectivity index (χ0n) is 29.0. The lowest BCUT2D eigenvalue weighted by atomic mass is 9.92. The molecule has 9 aromatic rings. The maximum atomic E-state index is 5.13. The van der Waals surface area contributed by atoms with Crippen LogP contribution in [0.3, 0.4) is 0 Å². The van der Waals surface area contributed by atoms with E-state index in [1.807, 2.05) is 6.07 Å². The fourth-order valence-corrected chi connectivity index (χ4v) is 6.88. The van der Waals surface area contributed by atoms with Crippen molar-refractivity contribution in [2.45, 2.75) is 13.8 Å². The molecule has 0 saturated carbocycles. The quantitative estimate of drug-likeness (QED) is 0.166. The zero-order valence-corrected chi connectivity index (χ0v) is 29.0. The zero-order chi connectivity index (χ0) is 35.0. The molecule has 0 aliphatic rings. The van der Waals surface area contributed by atoms with Crippen molar-refractivity contribution in [3.05, 3.63) is 181 Å². The lowest BCUT2D eigenvalue weighted by Crippen LogP contribution is -2.00. The highest BCUT2D eigenvalue weighted by Crippen LogP contribution is 2.39. The minimum Gasteiger partial charge on any atom is -0.247 e. The smallest absolute Gasteiger partial charge is 0.164 e. The topological polar surface area (TPSA) is 51.6 Å². The number of fused-ring (bicyclic) bond motifs is 3. The van der Waals surface area contributed by atoms with Gasteiger partial charge in [0.05, 0.1) is 11.2 Å². The number of nitrogens with zero attached hydrogens (tertiary/aromatic N) is 4. The molecule has 0 aliphatic heterocycles. The van der Waals surface area contributed by atoms with Crippen molar-refractivity contribution in [3.8, 4) is 67.7 Å². The van der Waals surface area contributed by atoms with E-state index in [9.17, 15) is 0 Å². The van der Waals surface area contributed by atoms with E-state index in [1.165, 1.54) is 27.6 Å². The summed E-state index contributed by atoms with van der Waals surface area (Å²) in [6.07, 6.45) is 0. The first-order valence-electron chi connectivity index (χ1n) is 17.6. The second-order valence-electron chi connectivity index (χ2n) is 13.3. The average Bonchev–Trinajstić information content (AvgIpc) is 3.21. The molecule has 2 aromatic heterocycles. The number of aromatic nitrogens is 4. The van der Waals surface area contributed by atoms with Gasteiger partial charge in [0.25, 0.3) is 0 Å². The van der Waals surface area contributed by atoms with Crippen LogP contribution in [-0.4, -0.2) is 19.9 Å². The predicted molar refractivity (Wildman–Crippen MR) is 215 cm³/mol. The van der Waals surface area contributed by atoms with Crippen LogP contribution < -0.4 is 0 Å². The number of hydrogen-bond acceptors (Lipinski definition) is 4. The molecule has 4 heteroatoms. The maximum absolute atomic E-state index is 5.13. The summed E-state index contributed by atoms with van der Waals surface area (Å²) in [6, 6.07) is 59.5. The Morgan fingerprint density at radius 3 is 1.31 bits per heavy atom. The fourth-order valence-electron chi connectivity index (χ4n) is 6.88. The molecule has 0 spiro atoms. The summed E-state index contributed by atoms with van der Waals surface area (Å²) in [4.78, 5) is 19.9. The molecule has 0 saturated heterocycles. The minimum absolute atomic E-state index is 0.649. The molecule has 0 bridgehead atoms. The summed E-state index contributed by atoms with van der Waals surface area (Å²) < 4.78 is 0. The molecule has 0 atom stereocenters. The molecule has 0 radical (unpaired) electrons. The summed E-state index contributed by atoms with van der Waals surface area (Å²) in [5.74, 6) is 1.97. The van der Waals surface area contributed by atoms with Crippen LogP contribution in [0.2, 0.25) is 0 Å². The second-order valence-corrected chi connectivity index (χ2v) is 13.3. The standard InChI is InChI=1S/C48H34N4/c1-31-15-19-37(20-16-31)46-50-47(38-21-17-32(2)18-22-38)52-48(51-46)39-29-25-34(26-30-39)33-23-27-35(28-24-33)40-12-8-13-42-44(40)41-11-6-7-14-43(41)49-45(42)36-9-4-3-5-10-36/h3-30H,1-2H3. The molecule has 52 heavy (non-hydrogen) atoms. The van der Waals surface area contributed by atoms with Crippen LogP contribution in [0.4, 0.5) is 0 Å². The minimum atomic E-state index is 0.649. The molecule has 0 fully saturated rings. The summed E-state index contributed by atoms with van der Waals surface area (Å²) in [5.41, 5.74) is 13.0. The van der Waals surface area contributed by atoms with E-state index in [-0.39, 0.29) is 0 Å². The van der Waals surface area contributed by atoms with Gasteiger partial charge >= 0.3 is 0 Å². The molecule has 7 aromatic carbocycles. The summed E-state index contributed by atoms with van der Waals surface area (Å²) in [7, 11) is 0. The molecule has 4 nitrogen and oxygen atoms in total. The van der Waals surface area contributed by atoms with Gasteiger partial charge in [-0.25, -0.2) is 19.9 Å². The van der Waals surface area contributed by atoms with E-state index < -0.39 is 0 Å². The SMILES string of the molecule is Cc1ccc(-c2nc(-c3ccc(C)cc3)nc(-c3ccc(-c4ccc(-c5cccc6c(-c7ccccc7)nc7ccccc7c56)cc4)cc3)n2)cc1. The van der Waals surface area contributed by atoms with Gasteiger partial charge in [0.2, 0.25) is 0 Å². The van der Waals surface area contributed by atoms with Crippen LogP contribution >= 0.6 is 0 Å². The van der Waals surface area contributed by atoms with Gasteiger partial charge in [-0.15, -0.1) is 0 Å². The van der Waals surface area contributed by atoms with Crippen LogP contribution in [0.5, 0.6) is 0 Å². The van der Waals surface area contributed by atoms with E-state index in [0.717, 1.165) is 55.4 Å². The normalized spacial score (nSPS) is 11.3. The number of pyridine rings is 1. The van der Waals surface area contributed by atoms with Crippen LogP contribution in [-0.2, 0) is 0 Å². The van der Waals surface area contributed by atoms with Gasteiger partial charge in [-0.1, -0.05) is 175 Å². The molecule has 2 heterocycles. The summed E-state index contributed by atoms with van der Waals surface area (Å²) >= 11 is 0. The van der Waals surface area contributed by atoms with Crippen molar-refractivity contribution in [2.24, 2.45) is 0 Å². The first-order valence-corrected chi connectivity index (χ1v) is 17.6. The van der Waals surface area contributed by atoms with Gasteiger partial charge in [0, 0.05) is 38.4 Å². The third-order valence-electron chi connectivity index (χ3n) is 9.70. The Bertz CT molecular complexity index is 2640. The number of aryl methyl sites for hydroxylation is 2. The highest BCUT2D eigenvalue weighted by Gasteiger charge is 2.15. The van der Waals surface area contributed by atoms with E-state index in [2.05, 4.69) is 178 Å². The lowest BCUT2D eigenvalue weighted by Gasteiger charge is -2.14. The molecule has 9 rings (SSSR count). The van der Waals surface area contributed by atoms with E-state index in [0.29, 0.717) is 17.5 Å². The van der Waals surface area contributed by atoms with Crippen molar-refractivity contribution in [2.75, 3.05) is 0 Å². The lowest BCUT2D eigenvalue weighted by molar-refractivity contribution is 1.07. The van der Waals surface area contributed by atoms with Gasteiger partial charge in [0.15, 0.2) is 17.5 Å². The Kier molecular flexibility index (Phi) is 7.90. The second kappa shape index (κ2) is 13.2. The maximum Gasteiger partial charge on any atom is 0.164 e. The van der Waals surface area contributed by atoms with Gasteiger partial charge in [-0.3, -0.25) is 0 Å². The van der Waals surface area contributed by atoms with Gasteiger partial charge in [-0.05, 0) is 42.2 Å². The van der Waals surface area contributed by atoms with Gasteiger partial charge in [0.1, 0.15) is 0 Å². The Morgan fingerprint density at radius 2 is 0.750 bits per heavy atom. The first kappa shape index (κ1) is 31.2. The summed E-state index contributed by atoms with van der Waals surface area (Å²) in [6.45, 7) is 4.17. The Morgan fingerprint density at radius 1 is 0.308 bits per heavy atom. The Balaban J connectivity index is 1.07. The highest BCUT2D eigenvalue weighted by atomic mass is 15.0. The predicted octanol–water partition coefficient (Wildman–Crippen LogP) is 12.2. The number of benzene rings is 7. The fraction of sp³-hybridized carbons (Fsp3) is 0.0417. The molecule has 0 N–H and O–H groups in total.